The van der Waals surface area contributed by atoms with E-state index in [0.717, 1.165) is 20.1 Å². The van der Waals surface area contributed by atoms with Gasteiger partial charge in [0.25, 0.3) is 0 Å². The van der Waals surface area contributed by atoms with Crippen molar-refractivity contribution in [3.63, 3.8) is 0 Å². The van der Waals surface area contributed by atoms with E-state index in [9.17, 15) is 4.79 Å². The topological polar surface area (TPSA) is 51.2 Å². The fourth-order valence-electron chi connectivity index (χ4n) is 1.67. The molecule has 0 atom stereocenters. The smallest absolute Gasteiger partial charge is 0.407 e. The molecule has 6 heteroatoms. The molecule has 0 fully saturated rings. The van der Waals surface area contributed by atoms with Gasteiger partial charge in [0.1, 0.15) is 6.61 Å². The van der Waals surface area contributed by atoms with Crippen LogP contribution in [-0.4, -0.2) is 17.6 Å². The van der Waals surface area contributed by atoms with E-state index in [1.165, 1.54) is 0 Å². The Morgan fingerprint density at radius 2 is 1.86 bits per heavy atom. The highest BCUT2D eigenvalue weighted by Crippen LogP contribution is 2.24. The van der Waals surface area contributed by atoms with Crippen LogP contribution in [0.25, 0.3) is 6.08 Å². The predicted molar refractivity (Wildman–Crippen MR) is 93.3 cm³/mol. The van der Waals surface area contributed by atoms with Crippen molar-refractivity contribution in [2.45, 2.75) is 6.61 Å². The van der Waals surface area contributed by atoms with Crippen molar-refractivity contribution < 1.29 is 9.53 Å². The van der Waals surface area contributed by atoms with Gasteiger partial charge in [-0.1, -0.05) is 42.5 Å². The molecule has 4 nitrogen and oxygen atoms in total. The molecule has 0 aliphatic rings. The number of amides is 1. The summed E-state index contributed by atoms with van der Waals surface area (Å²) in [7, 11) is 0. The van der Waals surface area contributed by atoms with Crippen LogP contribution in [-0.2, 0) is 11.3 Å². The lowest BCUT2D eigenvalue weighted by molar-refractivity contribution is 0.141. The largest absolute Gasteiger partial charge is 0.445 e. The lowest BCUT2D eigenvalue weighted by atomic mass is 10.2. The van der Waals surface area contributed by atoms with Gasteiger partial charge in [0, 0.05) is 33.4 Å². The lowest BCUT2D eigenvalue weighted by Crippen LogP contribution is -2.24. The summed E-state index contributed by atoms with van der Waals surface area (Å²) in [6.07, 6.45) is 6.72. The second-order valence-corrected chi connectivity index (χ2v) is 6.07. The zero-order valence-electron chi connectivity index (χ0n) is 11.6. The first kappa shape index (κ1) is 16.7. The Morgan fingerprint density at radius 1 is 1.18 bits per heavy atom. The molecule has 0 saturated heterocycles. The first-order valence-corrected chi connectivity index (χ1v) is 8.15. The minimum absolute atomic E-state index is 0.262. The summed E-state index contributed by atoms with van der Waals surface area (Å²) in [4.78, 5) is 15.6. The highest BCUT2D eigenvalue weighted by Gasteiger charge is 2.02. The van der Waals surface area contributed by atoms with Gasteiger partial charge in [0.15, 0.2) is 0 Å². The predicted octanol–water partition coefficient (Wildman–Crippen LogP) is 4.55. The molecule has 2 aromatic rings. The molecule has 2 rings (SSSR count). The number of alkyl carbamates (subject to hydrolysis) is 1. The summed E-state index contributed by atoms with van der Waals surface area (Å²) in [5, 5.41) is 2.67. The first-order valence-electron chi connectivity index (χ1n) is 6.57. The number of hydrogen-bond acceptors (Lipinski definition) is 3. The van der Waals surface area contributed by atoms with E-state index in [4.69, 9.17) is 4.74 Å². The van der Waals surface area contributed by atoms with Crippen LogP contribution in [0.4, 0.5) is 4.79 Å². The van der Waals surface area contributed by atoms with Crippen LogP contribution in [0.3, 0.4) is 0 Å². The third-order valence-corrected chi connectivity index (χ3v) is 4.02. The normalized spacial score (nSPS) is 10.6. The van der Waals surface area contributed by atoms with Gasteiger partial charge in [-0.05, 0) is 37.4 Å². The number of carbonyl (C=O) groups is 1. The molecule has 0 radical (unpaired) electrons. The molecule has 0 aliphatic heterocycles. The maximum atomic E-state index is 11.6. The molecule has 114 valence electrons. The third-order valence-electron chi connectivity index (χ3n) is 2.75. The summed E-state index contributed by atoms with van der Waals surface area (Å²) in [5.41, 5.74) is 1.92. The maximum absolute atomic E-state index is 11.6. The van der Waals surface area contributed by atoms with Gasteiger partial charge in [-0.25, -0.2) is 4.79 Å². The zero-order chi connectivity index (χ0) is 15.8. The first-order chi connectivity index (χ1) is 10.7. The quantitative estimate of drug-likeness (QED) is 0.764. The minimum Gasteiger partial charge on any atom is -0.445 e. The van der Waals surface area contributed by atoms with E-state index in [-0.39, 0.29) is 6.61 Å². The van der Waals surface area contributed by atoms with Crippen LogP contribution >= 0.6 is 31.9 Å². The van der Waals surface area contributed by atoms with E-state index in [0.29, 0.717) is 6.54 Å². The van der Waals surface area contributed by atoms with Crippen molar-refractivity contribution in [3.8, 4) is 0 Å². The van der Waals surface area contributed by atoms with E-state index >= 15 is 0 Å². The van der Waals surface area contributed by atoms with Crippen LogP contribution in [0.2, 0.25) is 0 Å². The number of nitrogens with zero attached hydrogens (tertiary/aromatic N) is 1. The lowest BCUT2D eigenvalue weighted by Gasteiger charge is -2.05. The Morgan fingerprint density at radius 3 is 2.55 bits per heavy atom. The number of aromatic nitrogens is 1. The molecule has 0 spiro atoms. The van der Waals surface area contributed by atoms with Crippen molar-refractivity contribution in [1.82, 2.24) is 10.3 Å². The molecule has 1 aromatic heterocycles. The Kier molecular flexibility index (Phi) is 6.61. The molecule has 0 unspecified atom stereocenters. The van der Waals surface area contributed by atoms with Crippen molar-refractivity contribution in [3.05, 3.63) is 68.9 Å². The Hall–Kier alpha value is -1.66. The number of halogens is 2. The molecule has 0 bridgehead atoms. The number of benzene rings is 1. The average Bonchev–Trinajstić information content (AvgIpc) is 2.53. The van der Waals surface area contributed by atoms with Crippen LogP contribution < -0.4 is 5.32 Å². The van der Waals surface area contributed by atoms with E-state index < -0.39 is 6.09 Å². The second-order valence-electron chi connectivity index (χ2n) is 4.36. The average molecular weight is 426 g/mol. The molecule has 1 amide bonds. The molecule has 0 aliphatic carbocycles. The van der Waals surface area contributed by atoms with Gasteiger partial charge in [-0.15, -0.1) is 0 Å². The molecule has 0 saturated carbocycles. The molecule has 1 N–H and O–H groups in total. The number of rotatable bonds is 5. The number of pyridine rings is 1. The Labute approximate surface area is 145 Å². The molecular formula is C16H14Br2N2O2. The van der Waals surface area contributed by atoms with Crippen molar-refractivity contribution in [2.24, 2.45) is 0 Å². The molecular weight excluding hydrogens is 412 g/mol. The highest BCUT2D eigenvalue weighted by atomic mass is 79.9. The SMILES string of the molecule is O=C(NCC=Cc1c(Br)cncc1Br)OCc1ccccc1. The summed E-state index contributed by atoms with van der Waals surface area (Å²) < 4.78 is 6.87. The van der Waals surface area contributed by atoms with E-state index in [1.54, 1.807) is 12.4 Å². The molecule has 1 aromatic carbocycles. The van der Waals surface area contributed by atoms with Crippen molar-refractivity contribution in [1.29, 1.82) is 0 Å². The van der Waals surface area contributed by atoms with Crippen molar-refractivity contribution >= 4 is 44.0 Å². The van der Waals surface area contributed by atoms with Gasteiger partial charge in [-0.3, -0.25) is 4.98 Å². The third kappa shape index (κ3) is 5.27. The number of carbonyl (C=O) groups excluding carboxylic acids is 1. The summed E-state index contributed by atoms with van der Waals surface area (Å²) in [5.74, 6) is 0. The zero-order valence-corrected chi connectivity index (χ0v) is 14.8. The Balaban J connectivity index is 1.76. The van der Waals surface area contributed by atoms with Crippen LogP contribution in [0.15, 0.2) is 57.7 Å². The Bertz CT molecular complexity index is 640. The minimum atomic E-state index is -0.443. The van der Waals surface area contributed by atoms with Gasteiger partial charge in [-0.2, -0.15) is 0 Å². The summed E-state index contributed by atoms with van der Waals surface area (Å²) in [6.45, 7) is 0.646. The fourth-order valence-corrected chi connectivity index (χ4v) is 2.87. The summed E-state index contributed by atoms with van der Waals surface area (Å²) >= 11 is 6.85. The number of hydrogen-bond donors (Lipinski definition) is 1. The van der Waals surface area contributed by atoms with Gasteiger partial charge >= 0.3 is 6.09 Å². The standard InChI is InChI=1S/C16H14Br2N2O2/c17-14-9-19-10-15(18)13(14)7-4-8-20-16(21)22-11-12-5-2-1-3-6-12/h1-7,9-10H,8,11H2,(H,20,21). The van der Waals surface area contributed by atoms with Crippen LogP contribution in [0.5, 0.6) is 0 Å². The maximum Gasteiger partial charge on any atom is 0.407 e. The highest BCUT2D eigenvalue weighted by molar-refractivity contribution is 9.11. The van der Waals surface area contributed by atoms with E-state index in [1.807, 2.05) is 42.5 Å². The molecule has 1 heterocycles. The van der Waals surface area contributed by atoms with Gasteiger partial charge in [0.05, 0.1) is 0 Å². The molecule has 22 heavy (non-hydrogen) atoms. The van der Waals surface area contributed by atoms with Gasteiger partial charge in [0.2, 0.25) is 0 Å². The van der Waals surface area contributed by atoms with Gasteiger partial charge < -0.3 is 10.1 Å². The number of ether oxygens (including phenoxy) is 1. The van der Waals surface area contributed by atoms with Crippen LogP contribution in [0.1, 0.15) is 11.1 Å². The summed E-state index contributed by atoms with van der Waals surface area (Å²) in [6, 6.07) is 9.55. The second kappa shape index (κ2) is 8.70. The van der Waals surface area contributed by atoms with Crippen molar-refractivity contribution in [2.75, 3.05) is 6.54 Å². The fraction of sp³-hybridized carbons (Fsp3) is 0.125. The van der Waals surface area contributed by atoms with E-state index in [2.05, 4.69) is 42.2 Å². The monoisotopic (exact) mass is 424 g/mol. The number of nitrogens with one attached hydrogen (secondary N) is 1. The van der Waals surface area contributed by atoms with Crippen LogP contribution in [0, 0.1) is 0 Å².